The standard InChI is InChI=1S/C22H25BN2O2/c1-21(2)22(3,4)27-23(26-21)19-14-24-25(16-19)15-18-12-8-9-13-20(18)17-10-6-5-7-11-17/h5-14,16H,15H2,1-4H3. The van der Waals surface area contributed by atoms with Gasteiger partial charge in [0.2, 0.25) is 0 Å². The minimum absolute atomic E-state index is 0.348. The lowest BCUT2D eigenvalue weighted by Crippen LogP contribution is -2.41. The van der Waals surface area contributed by atoms with Gasteiger partial charge in [0, 0.05) is 17.9 Å². The normalized spacial score (nSPS) is 18.0. The Morgan fingerprint density at radius 3 is 2.22 bits per heavy atom. The Kier molecular flexibility index (Phi) is 4.45. The highest BCUT2D eigenvalue weighted by Gasteiger charge is 2.52. The van der Waals surface area contributed by atoms with E-state index in [-0.39, 0.29) is 18.3 Å². The average Bonchev–Trinajstić information content (AvgIpc) is 3.18. The van der Waals surface area contributed by atoms with Crippen molar-refractivity contribution in [1.82, 2.24) is 9.78 Å². The molecule has 3 aromatic rings. The molecule has 1 aromatic heterocycles. The van der Waals surface area contributed by atoms with Gasteiger partial charge in [-0.1, -0.05) is 54.6 Å². The van der Waals surface area contributed by atoms with Gasteiger partial charge in [-0.2, -0.15) is 5.10 Å². The third kappa shape index (κ3) is 3.45. The van der Waals surface area contributed by atoms with Crippen molar-refractivity contribution < 1.29 is 9.31 Å². The van der Waals surface area contributed by atoms with E-state index in [1.807, 2.05) is 23.1 Å². The van der Waals surface area contributed by atoms with Crippen LogP contribution < -0.4 is 5.46 Å². The Bertz CT molecular complexity index is 918. The molecule has 27 heavy (non-hydrogen) atoms. The van der Waals surface area contributed by atoms with Crippen molar-refractivity contribution in [2.75, 3.05) is 0 Å². The molecule has 0 unspecified atom stereocenters. The zero-order chi connectivity index (χ0) is 19.1. The molecule has 0 spiro atoms. The van der Waals surface area contributed by atoms with E-state index in [1.54, 1.807) is 0 Å². The fourth-order valence-corrected chi connectivity index (χ4v) is 3.30. The Labute approximate surface area is 161 Å². The molecule has 2 heterocycles. The third-order valence-corrected chi connectivity index (χ3v) is 5.61. The average molecular weight is 360 g/mol. The molecule has 1 saturated heterocycles. The van der Waals surface area contributed by atoms with E-state index >= 15 is 0 Å². The van der Waals surface area contributed by atoms with Crippen LogP contribution in [0, 0.1) is 0 Å². The molecule has 0 N–H and O–H groups in total. The Morgan fingerprint density at radius 2 is 1.52 bits per heavy atom. The molecule has 1 fully saturated rings. The van der Waals surface area contributed by atoms with Crippen LogP contribution in [0.25, 0.3) is 11.1 Å². The summed E-state index contributed by atoms with van der Waals surface area (Å²) in [6, 6.07) is 18.9. The largest absolute Gasteiger partial charge is 0.498 e. The van der Waals surface area contributed by atoms with Crippen LogP contribution in [0.4, 0.5) is 0 Å². The third-order valence-electron chi connectivity index (χ3n) is 5.61. The van der Waals surface area contributed by atoms with Crippen LogP contribution in [0.2, 0.25) is 0 Å². The number of benzene rings is 2. The van der Waals surface area contributed by atoms with Gasteiger partial charge in [-0.05, 0) is 44.4 Å². The summed E-state index contributed by atoms with van der Waals surface area (Å²) in [5.41, 5.74) is 3.93. The maximum absolute atomic E-state index is 6.13. The SMILES string of the molecule is CC1(C)OB(c2cnn(Cc3ccccc3-c3ccccc3)c2)OC1(C)C. The molecule has 0 amide bonds. The van der Waals surface area contributed by atoms with Crippen LogP contribution in [-0.2, 0) is 15.9 Å². The summed E-state index contributed by atoms with van der Waals surface area (Å²) in [5.74, 6) is 0. The number of rotatable bonds is 4. The van der Waals surface area contributed by atoms with Crippen molar-refractivity contribution in [3.8, 4) is 11.1 Å². The quantitative estimate of drug-likeness (QED) is 0.662. The second-order valence-corrected chi connectivity index (χ2v) is 8.08. The van der Waals surface area contributed by atoms with Crippen molar-refractivity contribution in [2.24, 2.45) is 0 Å². The lowest BCUT2D eigenvalue weighted by atomic mass is 9.82. The zero-order valence-corrected chi connectivity index (χ0v) is 16.3. The molecule has 0 aliphatic carbocycles. The monoisotopic (exact) mass is 360 g/mol. The van der Waals surface area contributed by atoms with Crippen LogP contribution >= 0.6 is 0 Å². The van der Waals surface area contributed by atoms with E-state index in [0.717, 1.165) is 5.46 Å². The predicted molar refractivity (Wildman–Crippen MR) is 109 cm³/mol. The molecule has 138 valence electrons. The predicted octanol–water partition coefficient (Wildman–Crippen LogP) is 3.90. The maximum atomic E-state index is 6.13. The Hall–Kier alpha value is -2.37. The molecular formula is C22H25BN2O2. The van der Waals surface area contributed by atoms with E-state index in [9.17, 15) is 0 Å². The second-order valence-electron chi connectivity index (χ2n) is 8.08. The molecule has 0 bridgehead atoms. The van der Waals surface area contributed by atoms with Crippen molar-refractivity contribution in [2.45, 2.75) is 45.4 Å². The van der Waals surface area contributed by atoms with Gasteiger partial charge < -0.3 is 9.31 Å². The molecule has 4 nitrogen and oxygen atoms in total. The van der Waals surface area contributed by atoms with Gasteiger partial charge in [0.15, 0.2) is 0 Å². The van der Waals surface area contributed by atoms with Gasteiger partial charge in [0.05, 0.1) is 17.7 Å². The van der Waals surface area contributed by atoms with Gasteiger partial charge >= 0.3 is 7.12 Å². The van der Waals surface area contributed by atoms with E-state index in [1.165, 1.54) is 16.7 Å². The minimum Gasteiger partial charge on any atom is -0.399 e. The first-order valence-corrected chi connectivity index (χ1v) is 9.37. The number of hydrogen-bond donors (Lipinski definition) is 0. The van der Waals surface area contributed by atoms with Gasteiger partial charge in [-0.15, -0.1) is 0 Å². The summed E-state index contributed by atoms with van der Waals surface area (Å²) in [4.78, 5) is 0. The van der Waals surface area contributed by atoms with Crippen LogP contribution in [0.1, 0.15) is 33.3 Å². The van der Waals surface area contributed by atoms with Crippen LogP contribution in [-0.4, -0.2) is 28.1 Å². The minimum atomic E-state index is -0.381. The molecule has 0 radical (unpaired) electrons. The van der Waals surface area contributed by atoms with E-state index in [0.29, 0.717) is 6.54 Å². The van der Waals surface area contributed by atoms with Crippen LogP contribution in [0.5, 0.6) is 0 Å². The summed E-state index contributed by atoms with van der Waals surface area (Å²) in [5, 5.41) is 4.54. The smallest absolute Gasteiger partial charge is 0.399 e. The van der Waals surface area contributed by atoms with Crippen LogP contribution in [0.15, 0.2) is 67.0 Å². The highest BCUT2D eigenvalue weighted by atomic mass is 16.7. The lowest BCUT2D eigenvalue weighted by Gasteiger charge is -2.32. The molecule has 0 atom stereocenters. The van der Waals surface area contributed by atoms with Crippen molar-refractivity contribution in [3.63, 3.8) is 0 Å². The molecular weight excluding hydrogens is 335 g/mol. The Morgan fingerprint density at radius 1 is 0.889 bits per heavy atom. The highest BCUT2D eigenvalue weighted by molar-refractivity contribution is 6.62. The van der Waals surface area contributed by atoms with Gasteiger partial charge in [-0.25, -0.2) is 0 Å². The van der Waals surface area contributed by atoms with Crippen molar-refractivity contribution in [3.05, 3.63) is 72.6 Å². The van der Waals surface area contributed by atoms with E-state index < -0.39 is 0 Å². The summed E-state index contributed by atoms with van der Waals surface area (Å²) in [7, 11) is -0.381. The van der Waals surface area contributed by atoms with Gasteiger partial charge in [-0.3, -0.25) is 4.68 Å². The highest BCUT2D eigenvalue weighted by Crippen LogP contribution is 2.36. The first-order chi connectivity index (χ1) is 12.9. The number of hydrogen-bond acceptors (Lipinski definition) is 3. The van der Waals surface area contributed by atoms with Crippen molar-refractivity contribution >= 4 is 12.6 Å². The topological polar surface area (TPSA) is 36.3 Å². The fourth-order valence-electron chi connectivity index (χ4n) is 3.30. The molecule has 0 saturated carbocycles. The molecule has 4 rings (SSSR count). The molecule has 2 aromatic carbocycles. The summed E-state index contributed by atoms with van der Waals surface area (Å²) in [6.07, 6.45) is 3.86. The van der Waals surface area contributed by atoms with E-state index in [4.69, 9.17) is 9.31 Å². The van der Waals surface area contributed by atoms with Crippen molar-refractivity contribution in [1.29, 1.82) is 0 Å². The Balaban J connectivity index is 1.57. The number of aromatic nitrogens is 2. The zero-order valence-electron chi connectivity index (χ0n) is 16.3. The van der Waals surface area contributed by atoms with E-state index in [2.05, 4.69) is 81.3 Å². The maximum Gasteiger partial charge on any atom is 0.498 e. The molecule has 1 aliphatic heterocycles. The van der Waals surface area contributed by atoms with Gasteiger partial charge in [0.1, 0.15) is 0 Å². The first kappa shape index (κ1) is 18.0. The van der Waals surface area contributed by atoms with Gasteiger partial charge in [0.25, 0.3) is 0 Å². The molecule has 5 heteroatoms. The first-order valence-electron chi connectivity index (χ1n) is 9.37. The number of nitrogens with zero attached hydrogens (tertiary/aromatic N) is 2. The van der Waals surface area contributed by atoms with Crippen LogP contribution in [0.3, 0.4) is 0 Å². The summed E-state index contributed by atoms with van der Waals surface area (Å²) < 4.78 is 14.2. The fraction of sp³-hybridized carbons (Fsp3) is 0.318. The second kappa shape index (κ2) is 6.66. The molecule has 1 aliphatic rings. The summed E-state index contributed by atoms with van der Waals surface area (Å²) >= 11 is 0. The summed E-state index contributed by atoms with van der Waals surface area (Å²) in [6.45, 7) is 8.95. The lowest BCUT2D eigenvalue weighted by molar-refractivity contribution is 0.00578.